The SMILES string of the molecule is O=C(O)[C@@H]1C[C@H](COc2cccc(F)c2F)CN1. The number of aliphatic carboxylic acids is 1. The van der Waals surface area contributed by atoms with Gasteiger partial charge in [0.05, 0.1) is 6.61 Å². The van der Waals surface area contributed by atoms with E-state index in [2.05, 4.69) is 5.32 Å². The monoisotopic (exact) mass is 257 g/mol. The van der Waals surface area contributed by atoms with Crippen molar-refractivity contribution in [3.63, 3.8) is 0 Å². The number of carbonyl (C=O) groups is 1. The van der Waals surface area contributed by atoms with Gasteiger partial charge in [-0.3, -0.25) is 4.79 Å². The maximum atomic E-state index is 13.3. The molecule has 0 aliphatic carbocycles. The predicted octanol–water partition coefficient (Wildman–Crippen LogP) is 1.41. The first kappa shape index (κ1) is 12.8. The molecule has 1 aliphatic rings. The Kier molecular flexibility index (Phi) is 3.76. The molecule has 6 heteroatoms. The zero-order chi connectivity index (χ0) is 13.1. The molecular weight excluding hydrogens is 244 g/mol. The Morgan fingerprint density at radius 1 is 1.50 bits per heavy atom. The number of hydrogen-bond acceptors (Lipinski definition) is 3. The average Bonchev–Trinajstić information content (AvgIpc) is 2.80. The molecule has 1 fully saturated rings. The molecule has 1 aromatic carbocycles. The fourth-order valence-corrected chi connectivity index (χ4v) is 1.93. The summed E-state index contributed by atoms with van der Waals surface area (Å²) in [5, 5.41) is 11.6. The van der Waals surface area contributed by atoms with E-state index >= 15 is 0 Å². The number of carboxylic acids is 1. The van der Waals surface area contributed by atoms with Crippen LogP contribution in [-0.2, 0) is 4.79 Å². The van der Waals surface area contributed by atoms with Gasteiger partial charge in [-0.2, -0.15) is 4.39 Å². The Morgan fingerprint density at radius 2 is 2.28 bits per heavy atom. The fourth-order valence-electron chi connectivity index (χ4n) is 1.93. The molecule has 18 heavy (non-hydrogen) atoms. The summed E-state index contributed by atoms with van der Waals surface area (Å²) >= 11 is 0. The third kappa shape index (κ3) is 2.76. The quantitative estimate of drug-likeness (QED) is 0.856. The van der Waals surface area contributed by atoms with Gasteiger partial charge in [-0.05, 0) is 18.6 Å². The van der Waals surface area contributed by atoms with Gasteiger partial charge in [0.25, 0.3) is 0 Å². The Labute approximate surface area is 103 Å². The summed E-state index contributed by atoms with van der Waals surface area (Å²) in [4.78, 5) is 10.7. The normalized spacial score (nSPS) is 23.0. The van der Waals surface area contributed by atoms with E-state index in [0.717, 1.165) is 6.07 Å². The smallest absolute Gasteiger partial charge is 0.320 e. The molecule has 0 aromatic heterocycles. The number of ether oxygens (including phenoxy) is 1. The van der Waals surface area contributed by atoms with E-state index in [1.165, 1.54) is 12.1 Å². The molecule has 0 amide bonds. The van der Waals surface area contributed by atoms with E-state index in [0.29, 0.717) is 13.0 Å². The summed E-state index contributed by atoms with van der Waals surface area (Å²) in [6, 6.07) is 3.13. The summed E-state index contributed by atoms with van der Waals surface area (Å²) in [6.07, 6.45) is 0.423. The van der Waals surface area contributed by atoms with E-state index in [9.17, 15) is 13.6 Å². The van der Waals surface area contributed by atoms with Crippen molar-refractivity contribution in [3.05, 3.63) is 29.8 Å². The van der Waals surface area contributed by atoms with Crippen molar-refractivity contribution in [1.82, 2.24) is 5.32 Å². The number of carboxylic acid groups (broad SMARTS) is 1. The Balaban J connectivity index is 1.89. The van der Waals surface area contributed by atoms with Gasteiger partial charge in [-0.25, -0.2) is 4.39 Å². The van der Waals surface area contributed by atoms with Crippen LogP contribution in [-0.4, -0.2) is 30.3 Å². The van der Waals surface area contributed by atoms with Crippen LogP contribution in [0.25, 0.3) is 0 Å². The second-order valence-corrected chi connectivity index (χ2v) is 4.26. The molecule has 98 valence electrons. The minimum atomic E-state index is -1.02. The molecule has 1 heterocycles. The highest BCUT2D eigenvalue weighted by molar-refractivity contribution is 5.73. The number of rotatable bonds is 4. The highest BCUT2D eigenvalue weighted by atomic mass is 19.2. The highest BCUT2D eigenvalue weighted by Gasteiger charge is 2.29. The van der Waals surface area contributed by atoms with E-state index < -0.39 is 23.6 Å². The van der Waals surface area contributed by atoms with Gasteiger partial charge in [-0.1, -0.05) is 6.07 Å². The first-order valence-electron chi connectivity index (χ1n) is 5.61. The third-order valence-electron chi connectivity index (χ3n) is 2.91. The lowest BCUT2D eigenvalue weighted by Crippen LogP contribution is -2.29. The molecular formula is C12H13F2NO3. The summed E-state index contributed by atoms with van der Waals surface area (Å²) in [7, 11) is 0. The van der Waals surface area contributed by atoms with Crippen LogP contribution < -0.4 is 10.1 Å². The first-order chi connectivity index (χ1) is 8.58. The average molecular weight is 257 g/mol. The molecule has 1 aromatic rings. The summed E-state index contributed by atoms with van der Waals surface area (Å²) < 4.78 is 31.4. The predicted molar refractivity (Wildman–Crippen MR) is 59.4 cm³/mol. The maximum Gasteiger partial charge on any atom is 0.320 e. The first-order valence-corrected chi connectivity index (χ1v) is 5.61. The number of halogens is 2. The molecule has 0 saturated carbocycles. The van der Waals surface area contributed by atoms with Gasteiger partial charge >= 0.3 is 5.97 Å². The molecule has 2 N–H and O–H groups in total. The Bertz CT molecular complexity index is 453. The molecule has 2 atom stereocenters. The van der Waals surface area contributed by atoms with E-state index in [1.807, 2.05) is 0 Å². The van der Waals surface area contributed by atoms with Crippen LogP contribution in [0, 0.1) is 17.6 Å². The molecule has 0 spiro atoms. The van der Waals surface area contributed by atoms with Crippen molar-refractivity contribution >= 4 is 5.97 Å². The zero-order valence-corrected chi connectivity index (χ0v) is 9.53. The van der Waals surface area contributed by atoms with Gasteiger partial charge in [-0.15, -0.1) is 0 Å². The van der Waals surface area contributed by atoms with Crippen LogP contribution >= 0.6 is 0 Å². The van der Waals surface area contributed by atoms with Crippen LogP contribution in [0.4, 0.5) is 8.78 Å². The third-order valence-corrected chi connectivity index (χ3v) is 2.91. The van der Waals surface area contributed by atoms with Crippen molar-refractivity contribution in [2.75, 3.05) is 13.2 Å². The second kappa shape index (κ2) is 5.30. The van der Waals surface area contributed by atoms with Crippen molar-refractivity contribution in [2.24, 2.45) is 5.92 Å². The number of benzene rings is 1. The molecule has 0 radical (unpaired) electrons. The van der Waals surface area contributed by atoms with Gasteiger partial charge in [0.2, 0.25) is 5.82 Å². The fraction of sp³-hybridized carbons (Fsp3) is 0.417. The summed E-state index contributed by atoms with van der Waals surface area (Å²) in [5.74, 6) is -3.05. The standard InChI is InChI=1S/C12H13F2NO3/c13-8-2-1-3-10(11(8)14)18-6-7-4-9(12(16)17)15-5-7/h1-3,7,9,15H,4-6H2,(H,16,17)/t7-,9-/m0/s1. The Hall–Kier alpha value is -1.69. The largest absolute Gasteiger partial charge is 0.490 e. The van der Waals surface area contributed by atoms with Crippen molar-refractivity contribution in [1.29, 1.82) is 0 Å². The number of hydrogen-bond donors (Lipinski definition) is 2. The molecule has 2 rings (SSSR count). The topological polar surface area (TPSA) is 58.6 Å². The van der Waals surface area contributed by atoms with Gasteiger partial charge in [0.1, 0.15) is 6.04 Å². The lowest BCUT2D eigenvalue weighted by atomic mass is 10.1. The second-order valence-electron chi connectivity index (χ2n) is 4.26. The van der Waals surface area contributed by atoms with Crippen molar-refractivity contribution < 1.29 is 23.4 Å². The van der Waals surface area contributed by atoms with Gasteiger partial charge in [0.15, 0.2) is 11.6 Å². The molecule has 0 bridgehead atoms. The van der Waals surface area contributed by atoms with E-state index in [1.54, 1.807) is 0 Å². The number of nitrogens with one attached hydrogen (secondary N) is 1. The van der Waals surface area contributed by atoms with E-state index in [4.69, 9.17) is 9.84 Å². The van der Waals surface area contributed by atoms with Crippen molar-refractivity contribution in [3.8, 4) is 5.75 Å². The zero-order valence-electron chi connectivity index (χ0n) is 9.53. The minimum Gasteiger partial charge on any atom is -0.490 e. The van der Waals surface area contributed by atoms with Gasteiger partial charge in [0, 0.05) is 12.5 Å². The minimum absolute atomic E-state index is 0.0197. The lowest BCUT2D eigenvalue weighted by molar-refractivity contribution is -0.139. The summed E-state index contributed by atoms with van der Waals surface area (Å²) in [6.45, 7) is 0.658. The Morgan fingerprint density at radius 3 is 2.94 bits per heavy atom. The lowest BCUT2D eigenvalue weighted by Gasteiger charge is -2.11. The van der Waals surface area contributed by atoms with E-state index in [-0.39, 0.29) is 18.3 Å². The van der Waals surface area contributed by atoms with Crippen LogP contribution in [0.15, 0.2) is 18.2 Å². The highest BCUT2D eigenvalue weighted by Crippen LogP contribution is 2.21. The van der Waals surface area contributed by atoms with Crippen LogP contribution in [0.5, 0.6) is 5.75 Å². The molecule has 1 saturated heterocycles. The molecule has 4 nitrogen and oxygen atoms in total. The van der Waals surface area contributed by atoms with Crippen molar-refractivity contribution in [2.45, 2.75) is 12.5 Å². The molecule has 1 aliphatic heterocycles. The van der Waals surface area contributed by atoms with Gasteiger partial charge < -0.3 is 15.2 Å². The van der Waals surface area contributed by atoms with Crippen LogP contribution in [0.3, 0.4) is 0 Å². The van der Waals surface area contributed by atoms with Crippen LogP contribution in [0.1, 0.15) is 6.42 Å². The maximum absolute atomic E-state index is 13.3. The summed E-state index contributed by atoms with van der Waals surface area (Å²) in [5.41, 5.74) is 0. The molecule has 0 unspecified atom stereocenters. The van der Waals surface area contributed by atoms with Crippen LogP contribution in [0.2, 0.25) is 0 Å².